The van der Waals surface area contributed by atoms with E-state index in [0.29, 0.717) is 6.42 Å². The van der Waals surface area contributed by atoms with Crippen LogP contribution >= 0.6 is 11.8 Å². The molecule has 1 unspecified atom stereocenters. The molecule has 2 aromatic carbocycles. The van der Waals surface area contributed by atoms with Gasteiger partial charge in [0.25, 0.3) is 0 Å². The van der Waals surface area contributed by atoms with Gasteiger partial charge in [0.2, 0.25) is 0 Å². The number of nitrogens with zero attached hydrogens (tertiary/aromatic N) is 2. The van der Waals surface area contributed by atoms with Crippen LogP contribution < -0.4 is 5.32 Å². The Labute approximate surface area is 128 Å². The highest BCUT2D eigenvalue weighted by Gasteiger charge is 2.19. The second kappa shape index (κ2) is 6.47. The third-order valence-corrected chi connectivity index (χ3v) is 4.29. The number of benzene rings is 2. The van der Waals surface area contributed by atoms with Crippen molar-refractivity contribution in [3.63, 3.8) is 0 Å². The van der Waals surface area contributed by atoms with Crippen LogP contribution in [0.2, 0.25) is 0 Å². The van der Waals surface area contributed by atoms with Crippen molar-refractivity contribution in [2.45, 2.75) is 12.5 Å². The van der Waals surface area contributed by atoms with E-state index in [1.807, 2.05) is 30.3 Å². The number of rotatable bonds is 3. The third-order valence-electron chi connectivity index (χ3n) is 3.32. The molecule has 2 aromatic rings. The minimum absolute atomic E-state index is 0.233. The number of nitrogens with one attached hydrogen (secondary N) is 1. The Kier molecular flexibility index (Phi) is 4.23. The van der Waals surface area contributed by atoms with Gasteiger partial charge >= 0.3 is 0 Å². The number of thioether (sulfide) groups is 1. The van der Waals surface area contributed by atoms with Crippen LogP contribution in [0.3, 0.4) is 0 Å². The summed E-state index contributed by atoms with van der Waals surface area (Å²) in [6, 6.07) is 20.7. The molecule has 21 heavy (non-hydrogen) atoms. The van der Waals surface area contributed by atoms with Gasteiger partial charge in [-0.15, -0.1) is 0 Å². The molecule has 3 rings (SSSR count). The summed E-state index contributed by atoms with van der Waals surface area (Å²) in [5.74, 6) is 0.971. The van der Waals surface area contributed by atoms with Crippen LogP contribution in [-0.4, -0.2) is 10.9 Å². The number of aliphatic imine (C=N–C) groups is 1. The first-order chi connectivity index (χ1) is 10.3. The minimum Gasteiger partial charge on any atom is -0.335 e. The summed E-state index contributed by atoms with van der Waals surface area (Å²) < 4.78 is 0. The lowest BCUT2D eigenvalue weighted by molar-refractivity contribution is 0.849. The fourth-order valence-corrected chi connectivity index (χ4v) is 3.18. The first-order valence-electron chi connectivity index (χ1n) is 6.83. The summed E-state index contributed by atoms with van der Waals surface area (Å²) >= 11 is 1.74. The fourth-order valence-electron chi connectivity index (χ4n) is 2.21. The Balaban J connectivity index is 1.67. The molecule has 0 aliphatic carbocycles. The standard InChI is InChI=1S/C17H15N3S/c18-11-10-13-6-8-15(9-7-13)19-17-20-16(12-21-17)14-4-2-1-3-5-14/h1-9,16H,10,12H2,(H,19,20). The summed E-state index contributed by atoms with van der Waals surface area (Å²) in [5, 5.41) is 13.0. The van der Waals surface area contributed by atoms with Crippen molar-refractivity contribution in [3.8, 4) is 6.07 Å². The molecule has 0 bridgehead atoms. The first kappa shape index (κ1) is 13.7. The van der Waals surface area contributed by atoms with E-state index in [1.54, 1.807) is 11.8 Å². The van der Waals surface area contributed by atoms with Crippen molar-refractivity contribution in [2.24, 2.45) is 4.99 Å². The molecular weight excluding hydrogens is 278 g/mol. The molecule has 1 aliphatic heterocycles. The van der Waals surface area contributed by atoms with E-state index >= 15 is 0 Å². The zero-order valence-electron chi connectivity index (χ0n) is 11.5. The van der Waals surface area contributed by atoms with Crippen molar-refractivity contribution < 1.29 is 0 Å². The van der Waals surface area contributed by atoms with Gasteiger partial charge in [0.1, 0.15) is 0 Å². The SMILES string of the molecule is N#CCc1ccc(NC2=NC(c3ccccc3)CS2)cc1. The van der Waals surface area contributed by atoms with E-state index in [4.69, 9.17) is 10.3 Å². The molecule has 0 saturated carbocycles. The van der Waals surface area contributed by atoms with Crippen LogP contribution in [0.1, 0.15) is 17.2 Å². The quantitative estimate of drug-likeness (QED) is 0.930. The normalized spacial score (nSPS) is 17.1. The zero-order valence-corrected chi connectivity index (χ0v) is 12.3. The van der Waals surface area contributed by atoms with Gasteiger partial charge in [0, 0.05) is 11.4 Å². The summed E-state index contributed by atoms with van der Waals surface area (Å²) in [4.78, 5) is 4.73. The molecule has 1 aliphatic rings. The summed E-state index contributed by atoms with van der Waals surface area (Å²) in [6.07, 6.45) is 0.450. The number of hydrogen-bond donors (Lipinski definition) is 1. The second-order valence-electron chi connectivity index (χ2n) is 4.83. The lowest BCUT2D eigenvalue weighted by Gasteiger charge is -2.05. The predicted octanol–water partition coefficient (Wildman–Crippen LogP) is 4.01. The van der Waals surface area contributed by atoms with Crippen molar-refractivity contribution in [1.82, 2.24) is 0 Å². The van der Waals surface area contributed by atoms with Crippen LogP contribution in [0.25, 0.3) is 0 Å². The summed E-state index contributed by atoms with van der Waals surface area (Å²) in [7, 11) is 0. The lowest BCUT2D eigenvalue weighted by Crippen LogP contribution is -2.04. The number of hydrogen-bond acceptors (Lipinski definition) is 4. The Morgan fingerprint density at radius 1 is 1.14 bits per heavy atom. The summed E-state index contributed by atoms with van der Waals surface area (Å²) in [6.45, 7) is 0. The van der Waals surface area contributed by atoms with E-state index in [1.165, 1.54) is 5.56 Å². The zero-order chi connectivity index (χ0) is 14.5. The van der Waals surface area contributed by atoms with Crippen molar-refractivity contribution in [3.05, 3.63) is 65.7 Å². The molecule has 1 heterocycles. The van der Waals surface area contributed by atoms with E-state index in [2.05, 4.69) is 35.7 Å². The van der Waals surface area contributed by atoms with Crippen LogP contribution in [0.5, 0.6) is 0 Å². The Morgan fingerprint density at radius 3 is 2.62 bits per heavy atom. The van der Waals surface area contributed by atoms with Gasteiger partial charge in [-0.05, 0) is 23.3 Å². The van der Waals surface area contributed by atoms with E-state index in [-0.39, 0.29) is 6.04 Å². The van der Waals surface area contributed by atoms with Crippen molar-refractivity contribution in [1.29, 1.82) is 5.26 Å². The topological polar surface area (TPSA) is 48.2 Å². The van der Waals surface area contributed by atoms with Gasteiger partial charge in [-0.25, -0.2) is 0 Å². The number of amidine groups is 1. The van der Waals surface area contributed by atoms with E-state index in [0.717, 1.165) is 22.2 Å². The van der Waals surface area contributed by atoms with E-state index in [9.17, 15) is 0 Å². The molecule has 1 N–H and O–H groups in total. The Hall–Kier alpha value is -2.25. The molecule has 104 valence electrons. The number of anilines is 1. The average molecular weight is 293 g/mol. The molecule has 0 spiro atoms. The Bertz CT molecular complexity index is 671. The van der Waals surface area contributed by atoms with Crippen LogP contribution in [-0.2, 0) is 6.42 Å². The van der Waals surface area contributed by atoms with Crippen LogP contribution in [0.4, 0.5) is 5.69 Å². The first-order valence-corrected chi connectivity index (χ1v) is 7.82. The lowest BCUT2D eigenvalue weighted by atomic mass is 10.1. The maximum Gasteiger partial charge on any atom is 0.161 e. The largest absolute Gasteiger partial charge is 0.335 e. The molecule has 3 nitrogen and oxygen atoms in total. The molecule has 0 saturated heterocycles. The monoisotopic (exact) mass is 293 g/mol. The highest BCUT2D eigenvalue weighted by Crippen LogP contribution is 2.30. The van der Waals surface area contributed by atoms with Crippen molar-refractivity contribution >= 4 is 22.6 Å². The van der Waals surface area contributed by atoms with Gasteiger partial charge in [-0.1, -0.05) is 54.2 Å². The molecule has 0 aromatic heterocycles. The Morgan fingerprint density at radius 2 is 1.90 bits per heavy atom. The second-order valence-corrected chi connectivity index (χ2v) is 5.84. The molecule has 1 atom stereocenters. The maximum atomic E-state index is 8.67. The number of nitriles is 1. The van der Waals surface area contributed by atoms with Gasteiger partial charge in [-0.2, -0.15) is 5.26 Å². The molecule has 4 heteroatoms. The molecular formula is C17H15N3S. The molecule has 0 fully saturated rings. The van der Waals surface area contributed by atoms with E-state index < -0.39 is 0 Å². The van der Waals surface area contributed by atoms with Gasteiger partial charge in [0.05, 0.1) is 18.5 Å². The molecule has 0 amide bonds. The predicted molar refractivity (Wildman–Crippen MR) is 88.5 cm³/mol. The van der Waals surface area contributed by atoms with Gasteiger partial charge in [-0.3, -0.25) is 4.99 Å². The smallest absolute Gasteiger partial charge is 0.161 e. The van der Waals surface area contributed by atoms with Crippen molar-refractivity contribution in [2.75, 3.05) is 11.1 Å². The minimum atomic E-state index is 0.233. The summed E-state index contributed by atoms with van der Waals surface area (Å²) in [5.41, 5.74) is 3.30. The maximum absolute atomic E-state index is 8.67. The van der Waals surface area contributed by atoms with Gasteiger partial charge < -0.3 is 5.32 Å². The van der Waals surface area contributed by atoms with Gasteiger partial charge in [0.15, 0.2) is 5.17 Å². The highest BCUT2D eigenvalue weighted by atomic mass is 32.2. The average Bonchev–Trinajstić information content (AvgIpc) is 2.99. The molecule has 0 radical (unpaired) electrons. The highest BCUT2D eigenvalue weighted by molar-refractivity contribution is 8.14. The fraction of sp³-hybridized carbons (Fsp3) is 0.176. The van der Waals surface area contributed by atoms with Crippen LogP contribution in [0, 0.1) is 11.3 Å². The van der Waals surface area contributed by atoms with Crippen LogP contribution in [0.15, 0.2) is 59.6 Å². The third kappa shape index (κ3) is 3.45.